The highest BCUT2D eigenvalue weighted by atomic mass is 16.5. The van der Waals surface area contributed by atoms with Crippen LogP contribution in [-0.2, 0) is 4.79 Å². The number of ether oxygens (including phenoxy) is 2. The average molecular weight is 379 g/mol. The van der Waals surface area contributed by atoms with Gasteiger partial charge in [-0.05, 0) is 49.4 Å². The van der Waals surface area contributed by atoms with E-state index in [0.717, 1.165) is 11.3 Å². The van der Waals surface area contributed by atoms with Crippen molar-refractivity contribution >= 4 is 23.2 Å². The molecule has 2 amide bonds. The molecule has 1 atom stereocenters. The molecule has 0 saturated carbocycles. The smallest absolute Gasteiger partial charge is 0.277 e. The molecule has 4 rings (SSSR count). The Labute approximate surface area is 160 Å². The van der Waals surface area contributed by atoms with Crippen molar-refractivity contribution in [3.8, 4) is 22.8 Å². The summed E-state index contributed by atoms with van der Waals surface area (Å²) in [4.78, 5) is 24.2. The van der Waals surface area contributed by atoms with Crippen molar-refractivity contribution in [2.24, 2.45) is 0 Å². The van der Waals surface area contributed by atoms with Gasteiger partial charge >= 0.3 is 0 Å². The lowest BCUT2D eigenvalue weighted by molar-refractivity contribution is -0.122. The van der Waals surface area contributed by atoms with Gasteiger partial charge in [-0.2, -0.15) is 0 Å². The summed E-state index contributed by atoms with van der Waals surface area (Å²) in [6, 6.07) is 13.8. The fourth-order valence-electron chi connectivity index (χ4n) is 2.76. The van der Waals surface area contributed by atoms with Crippen LogP contribution in [0.15, 0.2) is 53.1 Å². The maximum absolute atomic E-state index is 12.5. The van der Waals surface area contributed by atoms with Gasteiger partial charge in [-0.3, -0.25) is 9.59 Å². The molecule has 8 heteroatoms. The Kier molecular flexibility index (Phi) is 4.44. The Morgan fingerprint density at radius 2 is 1.96 bits per heavy atom. The van der Waals surface area contributed by atoms with Crippen molar-refractivity contribution in [1.29, 1.82) is 0 Å². The van der Waals surface area contributed by atoms with E-state index in [-0.39, 0.29) is 11.6 Å². The Morgan fingerprint density at radius 3 is 2.71 bits per heavy atom. The van der Waals surface area contributed by atoms with Crippen LogP contribution in [0.1, 0.15) is 17.4 Å². The van der Waals surface area contributed by atoms with Crippen LogP contribution >= 0.6 is 0 Å². The van der Waals surface area contributed by atoms with Crippen LogP contribution in [-0.4, -0.2) is 30.2 Å². The molecule has 0 aliphatic carbocycles. The minimum Gasteiger partial charge on any atom is -0.497 e. The van der Waals surface area contributed by atoms with Crippen LogP contribution < -0.4 is 20.1 Å². The SMILES string of the molecule is COc1ccc(-c2cc(C(=O)Nc3ccc4c(c3)NC(=O)[C@H](C)O4)no2)cc1. The van der Waals surface area contributed by atoms with Crippen LogP contribution in [0, 0.1) is 0 Å². The van der Waals surface area contributed by atoms with E-state index in [1.54, 1.807) is 50.4 Å². The standard InChI is InChI=1S/C20H17N3O5/c1-11-19(24)22-15-9-13(5-8-17(15)27-11)21-20(25)16-10-18(28-23-16)12-3-6-14(26-2)7-4-12/h3-11H,1-2H3,(H,21,25)(H,22,24)/t11-/m0/s1. The number of nitrogens with one attached hydrogen (secondary N) is 2. The third-order valence-electron chi connectivity index (χ3n) is 4.29. The third kappa shape index (κ3) is 3.39. The zero-order valence-electron chi connectivity index (χ0n) is 15.2. The van der Waals surface area contributed by atoms with Gasteiger partial charge in [-0.1, -0.05) is 5.16 Å². The lowest BCUT2D eigenvalue weighted by Crippen LogP contribution is -2.34. The van der Waals surface area contributed by atoms with Gasteiger partial charge in [0.2, 0.25) is 0 Å². The first-order valence-electron chi connectivity index (χ1n) is 8.57. The Balaban J connectivity index is 1.49. The summed E-state index contributed by atoms with van der Waals surface area (Å²) in [7, 11) is 1.59. The van der Waals surface area contributed by atoms with Crippen molar-refractivity contribution in [3.05, 3.63) is 54.2 Å². The summed E-state index contributed by atoms with van der Waals surface area (Å²) in [6.07, 6.45) is -0.556. The van der Waals surface area contributed by atoms with Crippen molar-refractivity contribution < 1.29 is 23.6 Å². The number of carbonyl (C=O) groups is 2. The highest BCUT2D eigenvalue weighted by Gasteiger charge is 2.24. The maximum Gasteiger partial charge on any atom is 0.277 e. The fraction of sp³-hybridized carbons (Fsp3) is 0.150. The second-order valence-electron chi connectivity index (χ2n) is 6.22. The lowest BCUT2D eigenvalue weighted by atomic mass is 10.1. The van der Waals surface area contributed by atoms with Crippen LogP contribution in [0.4, 0.5) is 11.4 Å². The Morgan fingerprint density at radius 1 is 1.18 bits per heavy atom. The second kappa shape index (κ2) is 7.07. The predicted molar refractivity (Wildman–Crippen MR) is 102 cm³/mol. The molecule has 0 bridgehead atoms. The minimum atomic E-state index is -0.556. The molecule has 2 N–H and O–H groups in total. The molecule has 0 radical (unpaired) electrons. The number of rotatable bonds is 4. The number of aromatic nitrogens is 1. The number of nitrogens with zero attached hydrogens (tertiary/aromatic N) is 1. The number of benzene rings is 2. The first-order chi connectivity index (χ1) is 13.5. The van der Waals surface area contributed by atoms with E-state index in [0.29, 0.717) is 22.9 Å². The van der Waals surface area contributed by atoms with Crippen molar-refractivity contribution in [2.45, 2.75) is 13.0 Å². The summed E-state index contributed by atoms with van der Waals surface area (Å²) >= 11 is 0. The van der Waals surface area contributed by atoms with E-state index in [4.69, 9.17) is 14.0 Å². The van der Waals surface area contributed by atoms with Crippen molar-refractivity contribution in [1.82, 2.24) is 5.16 Å². The summed E-state index contributed by atoms with van der Waals surface area (Å²) in [5, 5.41) is 9.30. The van der Waals surface area contributed by atoms with Crippen LogP contribution in [0.25, 0.3) is 11.3 Å². The van der Waals surface area contributed by atoms with Crippen molar-refractivity contribution in [2.75, 3.05) is 17.7 Å². The molecular weight excluding hydrogens is 362 g/mol. The summed E-state index contributed by atoms with van der Waals surface area (Å²) in [6.45, 7) is 1.67. The third-order valence-corrected chi connectivity index (χ3v) is 4.29. The van der Waals surface area contributed by atoms with Crippen LogP contribution in [0.2, 0.25) is 0 Å². The van der Waals surface area contributed by atoms with Gasteiger partial charge < -0.3 is 24.6 Å². The van der Waals surface area contributed by atoms with Gasteiger partial charge in [0, 0.05) is 17.3 Å². The molecule has 0 saturated heterocycles. The number of fused-ring (bicyclic) bond motifs is 1. The number of methoxy groups -OCH3 is 1. The first kappa shape index (κ1) is 17.6. The van der Waals surface area contributed by atoms with Crippen LogP contribution in [0.3, 0.4) is 0 Å². The molecule has 0 fully saturated rings. The van der Waals surface area contributed by atoms with Gasteiger partial charge in [0.15, 0.2) is 17.6 Å². The van der Waals surface area contributed by atoms with E-state index in [1.165, 1.54) is 0 Å². The topological polar surface area (TPSA) is 103 Å². The normalized spacial score (nSPS) is 15.2. The van der Waals surface area contributed by atoms with E-state index in [2.05, 4.69) is 15.8 Å². The molecule has 28 heavy (non-hydrogen) atoms. The monoisotopic (exact) mass is 379 g/mol. The molecular formula is C20H17N3O5. The van der Waals surface area contributed by atoms with E-state index < -0.39 is 12.0 Å². The number of anilines is 2. The predicted octanol–water partition coefficient (Wildman–Crippen LogP) is 3.32. The van der Waals surface area contributed by atoms with E-state index in [9.17, 15) is 9.59 Å². The number of hydrogen-bond donors (Lipinski definition) is 2. The molecule has 1 aromatic heterocycles. The molecule has 0 spiro atoms. The Hall–Kier alpha value is -3.81. The molecule has 2 aromatic carbocycles. The highest BCUT2D eigenvalue weighted by Crippen LogP contribution is 2.32. The lowest BCUT2D eigenvalue weighted by Gasteiger charge is -2.23. The largest absolute Gasteiger partial charge is 0.497 e. The van der Waals surface area contributed by atoms with Gasteiger partial charge in [0.05, 0.1) is 12.8 Å². The van der Waals surface area contributed by atoms with Crippen LogP contribution in [0.5, 0.6) is 11.5 Å². The van der Waals surface area contributed by atoms with E-state index >= 15 is 0 Å². The van der Waals surface area contributed by atoms with Gasteiger partial charge in [0.1, 0.15) is 11.5 Å². The van der Waals surface area contributed by atoms with Crippen molar-refractivity contribution in [3.63, 3.8) is 0 Å². The highest BCUT2D eigenvalue weighted by molar-refractivity contribution is 6.04. The first-order valence-corrected chi connectivity index (χ1v) is 8.57. The zero-order valence-corrected chi connectivity index (χ0v) is 15.2. The van der Waals surface area contributed by atoms with E-state index in [1.807, 2.05) is 12.1 Å². The average Bonchev–Trinajstić information content (AvgIpc) is 3.19. The molecule has 1 aliphatic heterocycles. The molecule has 0 unspecified atom stereocenters. The van der Waals surface area contributed by atoms with Gasteiger partial charge in [-0.25, -0.2) is 0 Å². The number of hydrogen-bond acceptors (Lipinski definition) is 6. The summed E-state index contributed by atoms with van der Waals surface area (Å²) in [5.74, 6) is 1.07. The quantitative estimate of drug-likeness (QED) is 0.721. The molecule has 1 aliphatic rings. The Bertz CT molecular complexity index is 1040. The number of carbonyl (C=O) groups excluding carboxylic acids is 2. The molecule has 142 valence electrons. The molecule has 8 nitrogen and oxygen atoms in total. The molecule has 3 aromatic rings. The fourth-order valence-corrected chi connectivity index (χ4v) is 2.76. The van der Waals surface area contributed by atoms with Gasteiger partial charge in [-0.15, -0.1) is 0 Å². The molecule has 2 heterocycles. The second-order valence-corrected chi connectivity index (χ2v) is 6.22. The number of amides is 2. The summed E-state index contributed by atoms with van der Waals surface area (Å²) in [5.41, 5.74) is 1.91. The maximum atomic E-state index is 12.5. The zero-order chi connectivity index (χ0) is 19.7. The summed E-state index contributed by atoms with van der Waals surface area (Å²) < 4.78 is 15.9. The van der Waals surface area contributed by atoms with Gasteiger partial charge in [0.25, 0.3) is 11.8 Å². The minimum absolute atomic E-state index is 0.137.